The van der Waals surface area contributed by atoms with Crippen LogP contribution in [0.3, 0.4) is 0 Å². The SMILES string of the molecule is COc1cccc(CNC(=O)C2(S(C)(=O)=O)CCNCC2)c1OC.Cl. The molecule has 0 aromatic heterocycles. The molecule has 0 atom stereocenters. The van der Waals surface area contributed by atoms with E-state index in [4.69, 9.17) is 9.47 Å². The molecule has 1 aromatic rings. The van der Waals surface area contributed by atoms with Gasteiger partial charge in [-0.05, 0) is 32.0 Å². The van der Waals surface area contributed by atoms with Gasteiger partial charge in [0.2, 0.25) is 5.91 Å². The van der Waals surface area contributed by atoms with Gasteiger partial charge in [0, 0.05) is 18.4 Å². The lowest BCUT2D eigenvalue weighted by atomic mass is 9.95. The van der Waals surface area contributed by atoms with E-state index < -0.39 is 20.5 Å². The van der Waals surface area contributed by atoms with Crippen LogP contribution in [0.1, 0.15) is 18.4 Å². The zero-order valence-corrected chi connectivity index (χ0v) is 16.3. The summed E-state index contributed by atoms with van der Waals surface area (Å²) in [5.74, 6) is 0.624. The third kappa shape index (κ3) is 4.37. The highest BCUT2D eigenvalue weighted by molar-refractivity contribution is 7.92. The molecule has 0 saturated carbocycles. The summed E-state index contributed by atoms with van der Waals surface area (Å²) in [4.78, 5) is 12.7. The van der Waals surface area contributed by atoms with Crippen molar-refractivity contribution in [3.8, 4) is 11.5 Å². The van der Waals surface area contributed by atoms with Gasteiger partial charge >= 0.3 is 0 Å². The summed E-state index contributed by atoms with van der Waals surface area (Å²) in [7, 11) is -0.470. The predicted octanol–water partition coefficient (Wildman–Crippen LogP) is 0.909. The van der Waals surface area contributed by atoms with Crippen LogP contribution in [-0.4, -0.2) is 52.6 Å². The number of piperidine rings is 1. The van der Waals surface area contributed by atoms with Crippen molar-refractivity contribution in [3.05, 3.63) is 23.8 Å². The molecular formula is C16H25ClN2O5S. The topological polar surface area (TPSA) is 93.7 Å². The first-order valence-corrected chi connectivity index (χ1v) is 9.63. The molecule has 0 unspecified atom stereocenters. The van der Waals surface area contributed by atoms with Gasteiger partial charge in [-0.2, -0.15) is 0 Å². The normalized spacial score (nSPS) is 16.4. The maximum atomic E-state index is 12.7. The van der Waals surface area contributed by atoms with Gasteiger partial charge in [0.15, 0.2) is 26.1 Å². The lowest BCUT2D eigenvalue weighted by molar-refractivity contribution is -0.124. The Morgan fingerprint density at radius 2 is 1.88 bits per heavy atom. The molecule has 1 aliphatic rings. The Kier molecular flexibility index (Phi) is 7.52. The molecule has 9 heteroatoms. The fourth-order valence-corrected chi connectivity index (χ4v) is 4.38. The van der Waals surface area contributed by atoms with Crippen LogP contribution < -0.4 is 20.1 Å². The monoisotopic (exact) mass is 392 g/mol. The Bertz CT molecular complexity index is 702. The van der Waals surface area contributed by atoms with Gasteiger partial charge in [-0.15, -0.1) is 12.4 Å². The van der Waals surface area contributed by atoms with Crippen molar-refractivity contribution < 1.29 is 22.7 Å². The summed E-state index contributed by atoms with van der Waals surface area (Å²) in [6.07, 6.45) is 1.67. The number of carbonyl (C=O) groups is 1. The number of rotatable bonds is 6. The number of carbonyl (C=O) groups excluding carboxylic acids is 1. The molecule has 1 heterocycles. The fraction of sp³-hybridized carbons (Fsp3) is 0.562. The highest BCUT2D eigenvalue weighted by Crippen LogP contribution is 2.31. The number of methoxy groups -OCH3 is 2. The van der Waals surface area contributed by atoms with Crippen LogP contribution in [0, 0.1) is 0 Å². The maximum absolute atomic E-state index is 12.7. The van der Waals surface area contributed by atoms with E-state index >= 15 is 0 Å². The number of nitrogens with one attached hydrogen (secondary N) is 2. The zero-order chi connectivity index (χ0) is 17.8. The highest BCUT2D eigenvalue weighted by Gasteiger charge is 2.48. The molecule has 25 heavy (non-hydrogen) atoms. The number of halogens is 1. The third-order valence-electron chi connectivity index (χ3n) is 4.46. The van der Waals surface area contributed by atoms with Crippen LogP contribution >= 0.6 is 12.4 Å². The molecule has 2 rings (SSSR count). The Hall–Kier alpha value is -1.51. The summed E-state index contributed by atoms with van der Waals surface area (Å²) in [6, 6.07) is 5.35. The van der Waals surface area contributed by atoms with E-state index in [1.165, 1.54) is 14.2 Å². The number of hydrogen-bond donors (Lipinski definition) is 2. The minimum Gasteiger partial charge on any atom is -0.493 e. The molecule has 2 N–H and O–H groups in total. The van der Waals surface area contributed by atoms with Gasteiger partial charge < -0.3 is 20.1 Å². The van der Waals surface area contributed by atoms with Crippen molar-refractivity contribution in [2.24, 2.45) is 0 Å². The number of hydrogen-bond acceptors (Lipinski definition) is 6. The second-order valence-corrected chi connectivity index (χ2v) is 8.18. The van der Waals surface area contributed by atoms with Crippen LogP contribution in [0.2, 0.25) is 0 Å². The minimum absolute atomic E-state index is 0. The van der Waals surface area contributed by atoms with Crippen molar-refractivity contribution in [2.45, 2.75) is 24.1 Å². The van der Waals surface area contributed by atoms with E-state index in [1.54, 1.807) is 18.2 Å². The average molecular weight is 393 g/mol. The number of para-hydroxylation sites is 1. The molecule has 0 radical (unpaired) electrons. The molecule has 0 aliphatic carbocycles. The molecule has 1 saturated heterocycles. The number of amides is 1. The van der Waals surface area contributed by atoms with E-state index in [1.807, 2.05) is 0 Å². The molecular weight excluding hydrogens is 368 g/mol. The fourth-order valence-electron chi connectivity index (χ4n) is 3.03. The lowest BCUT2D eigenvalue weighted by Crippen LogP contribution is -2.57. The van der Waals surface area contributed by atoms with E-state index in [0.717, 1.165) is 11.8 Å². The summed E-state index contributed by atoms with van der Waals surface area (Å²) < 4.78 is 33.7. The van der Waals surface area contributed by atoms with Crippen molar-refractivity contribution in [3.63, 3.8) is 0 Å². The van der Waals surface area contributed by atoms with Gasteiger partial charge in [-0.1, -0.05) is 12.1 Å². The second kappa shape index (κ2) is 8.73. The van der Waals surface area contributed by atoms with Crippen LogP contribution in [0.5, 0.6) is 11.5 Å². The van der Waals surface area contributed by atoms with Gasteiger partial charge in [-0.25, -0.2) is 8.42 Å². The average Bonchev–Trinajstić information content (AvgIpc) is 2.58. The molecule has 1 amide bonds. The smallest absolute Gasteiger partial charge is 0.241 e. The molecule has 142 valence electrons. The highest BCUT2D eigenvalue weighted by atomic mass is 35.5. The first-order valence-electron chi connectivity index (χ1n) is 7.74. The molecule has 1 aromatic carbocycles. The first-order chi connectivity index (χ1) is 11.4. The van der Waals surface area contributed by atoms with Crippen LogP contribution in [0.4, 0.5) is 0 Å². The van der Waals surface area contributed by atoms with Crippen LogP contribution in [0.25, 0.3) is 0 Å². The molecule has 1 fully saturated rings. The predicted molar refractivity (Wildman–Crippen MR) is 98.3 cm³/mol. The van der Waals surface area contributed by atoms with Crippen molar-refractivity contribution in [1.29, 1.82) is 0 Å². The number of ether oxygens (including phenoxy) is 2. The van der Waals surface area contributed by atoms with Gasteiger partial charge in [0.25, 0.3) is 0 Å². The maximum Gasteiger partial charge on any atom is 0.241 e. The minimum atomic E-state index is -3.53. The van der Waals surface area contributed by atoms with E-state index in [-0.39, 0.29) is 31.8 Å². The quantitative estimate of drug-likeness (QED) is 0.747. The van der Waals surface area contributed by atoms with Gasteiger partial charge in [-0.3, -0.25) is 4.79 Å². The van der Waals surface area contributed by atoms with Crippen LogP contribution in [-0.2, 0) is 21.2 Å². The summed E-state index contributed by atoms with van der Waals surface area (Å²) in [5, 5.41) is 5.85. The Balaban J connectivity index is 0.00000312. The summed E-state index contributed by atoms with van der Waals surface area (Å²) in [6.45, 7) is 1.18. The van der Waals surface area contributed by atoms with Crippen molar-refractivity contribution in [1.82, 2.24) is 10.6 Å². The van der Waals surface area contributed by atoms with Crippen molar-refractivity contribution >= 4 is 28.2 Å². The summed E-state index contributed by atoms with van der Waals surface area (Å²) in [5.41, 5.74) is 0.725. The van der Waals surface area contributed by atoms with E-state index in [0.29, 0.717) is 24.6 Å². The third-order valence-corrected chi connectivity index (χ3v) is 6.47. The Morgan fingerprint density at radius 3 is 2.40 bits per heavy atom. The van der Waals surface area contributed by atoms with Gasteiger partial charge in [0.1, 0.15) is 0 Å². The number of benzene rings is 1. The second-order valence-electron chi connectivity index (χ2n) is 5.85. The van der Waals surface area contributed by atoms with E-state index in [2.05, 4.69) is 10.6 Å². The molecule has 0 spiro atoms. The number of sulfone groups is 1. The molecule has 0 bridgehead atoms. The molecule has 1 aliphatic heterocycles. The van der Waals surface area contributed by atoms with Gasteiger partial charge in [0.05, 0.1) is 14.2 Å². The zero-order valence-electron chi connectivity index (χ0n) is 14.6. The largest absolute Gasteiger partial charge is 0.493 e. The Labute approximate surface area is 154 Å². The summed E-state index contributed by atoms with van der Waals surface area (Å²) >= 11 is 0. The lowest BCUT2D eigenvalue weighted by Gasteiger charge is -2.34. The Morgan fingerprint density at radius 1 is 1.24 bits per heavy atom. The van der Waals surface area contributed by atoms with Crippen molar-refractivity contribution in [2.75, 3.05) is 33.6 Å². The van der Waals surface area contributed by atoms with Crippen LogP contribution in [0.15, 0.2) is 18.2 Å². The molecule has 7 nitrogen and oxygen atoms in total. The first kappa shape index (κ1) is 21.5. The van der Waals surface area contributed by atoms with E-state index in [9.17, 15) is 13.2 Å². The standard InChI is InChI=1S/C16H24N2O5S.ClH/c1-22-13-6-4-5-12(14(13)23-2)11-18-15(19)16(24(3,20)21)7-9-17-10-8-16;/h4-6,17H,7-11H2,1-3H3,(H,18,19);1H.